The first-order valence-electron chi connectivity index (χ1n) is 7.90. The van der Waals surface area contributed by atoms with Crippen molar-refractivity contribution in [3.63, 3.8) is 0 Å². The Morgan fingerprint density at radius 1 is 1.08 bits per heavy atom. The predicted octanol–water partition coefficient (Wildman–Crippen LogP) is 4.18. The molecule has 0 saturated carbocycles. The van der Waals surface area contributed by atoms with Crippen molar-refractivity contribution in [3.8, 4) is 0 Å². The molecule has 1 heterocycles. The minimum Gasteiger partial charge on any atom is -0.449 e. The minimum absolute atomic E-state index is 0.214. The number of hydrogen-bond donors (Lipinski definition) is 0. The number of carbonyl (C=O) groups is 2. The van der Waals surface area contributed by atoms with E-state index in [0.717, 1.165) is 11.6 Å². The number of ketones is 1. The molecule has 0 amide bonds. The van der Waals surface area contributed by atoms with Gasteiger partial charge in [0, 0.05) is 16.7 Å². The summed E-state index contributed by atoms with van der Waals surface area (Å²) in [5, 5.41) is 0.648. The van der Waals surface area contributed by atoms with E-state index in [0.29, 0.717) is 10.6 Å². The lowest BCUT2D eigenvalue weighted by atomic mass is 10.1. The molecule has 3 aromatic rings. The van der Waals surface area contributed by atoms with Crippen molar-refractivity contribution in [2.24, 2.45) is 0 Å². The Morgan fingerprint density at radius 2 is 1.77 bits per heavy atom. The second-order valence-corrected chi connectivity index (χ2v) is 6.33. The lowest BCUT2D eigenvalue weighted by Crippen LogP contribution is -2.25. The van der Waals surface area contributed by atoms with Crippen molar-refractivity contribution in [1.82, 2.24) is 0 Å². The summed E-state index contributed by atoms with van der Waals surface area (Å²) >= 11 is 5.85. The van der Waals surface area contributed by atoms with E-state index < -0.39 is 17.5 Å². The van der Waals surface area contributed by atoms with Gasteiger partial charge in [0.15, 0.2) is 11.5 Å². The summed E-state index contributed by atoms with van der Waals surface area (Å²) in [5.74, 6) is -1.49. The van der Waals surface area contributed by atoms with E-state index in [2.05, 4.69) is 0 Å². The first-order chi connectivity index (χ1) is 12.3. The van der Waals surface area contributed by atoms with Gasteiger partial charge in [0.2, 0.25) is 11.5 Å². The van der Waals surface area contributed by atoms with Crippen LogP contribution in [-0.2, 0) is 4.74 Å². The molecule has 0 N–H and O–H groups in total. The Hall–Kier alpha value is -2.92. The lowest BCUT2D eigenvalue weighted by Gasteiger charge is -2.12. The molecule has 0 aliphatic rings. The van der Waals surface area contributed by atoms with Crippen molar-refractivity contribution in [2.45, 2.75) is 20.0 Å². The third kappa shape index (κ3) is 3.68. The molecule has 0 bridgehead atoms. The van der Waals surface area contributed by atoms with Crippen molar-refractivity contribution in [1.29, 1.82) is 0 Å². The van der Waals surface area contributed by atoms with Gasteiger partial charge in [0.1, 0.15) is 5.58 Å². The van der Waals surface area contributed by atoms with Gasteiger partial charge in [-0.25, -0.2) is 4.79 Å². The summed E-state index contributed by atoms with van der Waals surface area (Å²) in [5.41, 5.74) is 1.25. The van der Waals surface area contributed by atoms with E-state index in [1.165, 1.54) is 19.1 Å². The minimum atomic E-state index is -1.02. The number of Topliss-reactive ketones (excluding diaryl/α,β-unsaturated/α-hetero) is 1. The Bertz CT molecular complexity index is 1050. The summed E-state index contributed by atoms with van der Waals surface area (Å²) in [6.45, 7) is 3.38. The number of halogens is 1. The monoisotopic (exact) mass is 370 g/mol. The van der Waals surface area contributed by atoms with Gasteiger partial charge in [-0.3, -0.25) is 9.59 Å². The van der Waals surface area contributed by atoms with E-state index >= 15 is 0 Å². The molecule has 26 heavy (non-hydrogen) atoms. The highest BCUT2D eigenvalue weighted by Crippen LogP contribution is 2.18. The highest BCUT2D eigenvalue weighted by atomic mass is 35.5. The average Bonchev–Trinajstić information content (AvgIpc) is 2.62. The van der Waals surface area contributed by atoms with Gasteiger partial charge >= 0.3 is 5.97 Å². The second kappa shape index (κ2) is 7.14. The van der Waals surface area contributed by atoms with Gasteiger partial charge in [-0.05, 0) is 32.0 Å². The van der Waals surface area contributed by atoms with E-state index in [4.69, 9.17) is 20.8 Å². The fourth-order valence-corrected chi connectivity index (χ4v) is 2.63. The highest BCUT2D eigenvalue weighted by Gasteiger charge is 2.22. The number of ether oxygens (including phenoxy) is 1. The maximum Gasteiger partial charge on any atom is 0.375 e. The maximum absolute atomic E-state index is 12.4. The molecule has 132 valence electrons. The Morgan fingerprint density at radius 3 is 2.46 bits per heavy atom. The first-order valence-corrected chi connectivity index (χ1v) is 8.28. The molecule has 0 aliphatic heterocycles. The topological polar surface area (TPSA) is 73.6 Å². The zero-order valence-electron chi connectivity index (χ0n) is 14.1. The molecule has 1 atom stereocenters. The zero-order chi connectivity index (χ0) is 18.8. The molecule has 3 rings (SSSR count). The molecule has 0 saturated heterocycles. The van der Waals surface area contributed by atoms with Crippen LogP contribution in [0.25, 0.3) is 11.0 Å². The zero-order valence-corrected chi connectivity index (χ0v) is 14.9. The Labute approximate surface area is 154 Å². The summed E-state index contributed by atoms with van der Waals surface area (Å²) in [4.78, 5) is 36.8. The van der Waals surface area contributed by atoms with Crippen LogP contribution in [0.15, 0.2) is 57.7 Å². The predicted molar refractivity (Wildman–Crippen MR) is 97.9 cm³/mol. The van der Waals surface area contributed by atoms with Crippen LogP contribution in [0.2, 0.25) is 5.02 Å². The number of carbonyl (C=O) groups excluding carboxylic acids is 2. The van der Waals surface area contributed by atoms with Gasteiger partial charge in [-0.1, -0.05) is 41.4 Å². The fourth-order valence-electron chi connectivity index (χ4n) is 2.45. The standard InChI is InChI=1S/C20H15ClO5/c1-11-3-5-13(6-4-11)19(23)12(2)25-20(24)18-10-16(22)15-9-14(21)7-8-17(15)26-18/h3-10,12H,1-2H3/t12-/m0/s1. The summed E-state index contributed by atoms with van der Waals surface area (Å²) in [7, 11) is 0. The van der Waals surface area contributed by atoms with Crippen molar-refractivity contribution < 1.29 is 18.7 Å². The lowest BCUT2D eigenvalue weighted by molar-refractivity contribution is 0.0289. The molecule has 1 aromatic heterocycles. The normalized spacial score (nSPS) is 12.0. The average molecular weight is 371 g/mol. The van der Waals surface area contributed by atoms with E-state index in [-0.39, 0.29) is 22.5 Å². The maximum atomic E-state index is 12.4. The molecule has 0 aliphatic carbocycles. The Kier molecular flexibility index (Phi) is 4.91. The number of rotatable bonds is 4. The van der Waals surface area contributed by atoms with Crippen molar-refractivity contribution in [3.05, 3.63) is 80.7 Å². The quantitative estimate of drug-likeness (QED) is 0.508. The van der Waals surface area contributed by atoms with Crippen LogP contribution in [0.1, 0.15) is 33.4 Å². The number of aryl methyl sites for hydroxylation is 1. The molecule has 0 fully saturated rings. The fraction of sp³-hybridized carbons (Fsp3) is 0.150. The molecular weight excluding hydrogens is 356 g/mol. The number of hydrogen-bond acceptors (Lipinski definition) is 5. The number of esters is 1. The van der Waals surface area contributed by atoms with E-state index in [9.17, 15) is 14.4 Å². The van der Waals surface area contributed by atoms with Gasteiger partial charge in [-0.15, -0.1) is 0 Å². The van der Waals surface area contributed by atoms with Crippen LogP contribution >= 0.6 is 11.6 Å². The molecule has 6 heteroatoms. The smallest absolute Gasteiger partial charge is 0.375 e. The van der Waals surface area contributed by atoms with Gasteiger partial charge in [-0.2, -0.15) is 0 Å². The van der Waals surface area contributed by atoms with Gasteiger partial charge in [0.25, 0.3) is 0 Å². The number of benzene rings is 2. The highest BCUT2D eigenvalue weighted by molar-refractivity contribution is 6.31. The SMILES string of the molecule is Cc1ccc(C(=O)[C@H](C)OC(=O)c2cc(=O)c3cc(Cl)ccc3o2)cc1. The van der Waals surface area contributed by atoms with Gasteiger partial charge in [0.05, 0.1) is 5.39 Å². The van der Waals surface area contributed by atoms with Crippen molar-refractivity contribution >= 4 is 34.3 Å². The van der Waals surface area contributed by atoms with Crippen molar-refractivity contribution in [2.75, 3.05) is 0 Å². The van der Waals surface area contributed by atoms with E-state index in [1.807, 2.05) is 6.92 Å². The molecular formula is C20H15ClO5. The van der Waals surface area contributed by atoms with Crippen LogP contribution in [-0.4, -0.2) is 17.9 Å². The van der Waals surface area contributed by atoms with Crippen LogP contribution < -0.4 is 5.43 Å². The number of fused-ring (bicyclic) bond motifs is 1. The summed E-state index contributed by atoms with van der Waals surface area (Å²) in [6, 6.07) is 12.5. The van der Waals surface area contributed by atoms with Gasteiger partial charge < -0.3 is 9.15 Å². The van der Waals surface area contributed by atoms with Crippen LogP contribution in [0.3, 0.4) is 0 Å². The molecule has 0 unspecified atom stereocenters. The third-order valence-electron chi connectivity index (χ3n) is 3.88. The Balaban J connectivity index is 1.82. The molecule has 0 radical (unpaired) electrons. The molecule has 5 nitrogen and oxygen atoms in total. The van der Waals surface area contributed by atoms with E-state index in [1.54, 1.807) is 30.3 Å². The summed E-state index contributed by atoms with van der Waals surface area (Å²) in [6.07, 6.45) is -1.02. The molecule has 0 spiro atoms. The second-order valence-electron chi connectivity index (χ2n) is 5.89. The summed E-state index contributed by atoms with van der Waals surface area (Å²) < 4.78 is 10.6. The largest absolute Gasteiger partial charge is 0.449 e. The van der Waals surface area contributed by atoms with Crippen LogP contribution in [0, 0.1) is 6.92 Å². The van der Waals surface area contributed by atoms with Crippen LogP contribution in [0.5, 0.6) is 0 Å². The molecule has 2 aromatic carbocycles. The van der Waals surface area contributed by atoms with Crippen LogP contribution in [0.4, 0.5) is 0 Å². The first kappa shape index (κ1) is 17.9. The third-order valence-corrected chi connectivity index (χ3v) is 4.11.